The first-order chi connectivity index (χ1) is 5.83. The molecule has 2 rings (SSSR count). The Morgan fingerprint density at radius 3 is 3.08 bits per heavy atom. The highest BCUT2D eigenvalue weighted by molar-refractivity contribution is 5.84. The summed E-state index contributed by atoms with van der Waals surface area (Å²) in [6, 6.07) is 3.90. The Labute approximate surface area is 70.0 Å². The van der Waals surface area contributed by atoms with Gasteiger partial charge in [0.1, 0.15) is 0 Å². The van der Waals surface area contributed by atoms with Crippen LogP contribution in [0.5, 0.6) is 0 Å². The third-order valence-corrected chi connectivity index (χ3v) is 2.08. The molecule has 0 spiro atoms. The van der Waals surface area contributed by atoms with Gasteiger partial charge in [-0.3, -0.25) is 5.10 Å². The van der Waals surface area contributed by atoms with Gasteiger partial charge in [0.2, 0.25) is 0 Å². The number of rotatable bonds is 1. The third-order valence-electron chi connectivity index (χ3n) is 2.08. The number of nitrogens with zero attached hydrogens (tertiary/aromatic N) is 1. The van der Waals surface area contributed by atoms with E-state index in [4.69, 9.17) is 5.11 Å². The molecule has 0 radical (unpaired) electrons. The lowest BCUT2D eigenvalue weighted by molar-refractivity contribution is 0.283. The summed E-state index contributed by atoms with van der Waals surface area (Å²) < 4.78 is 0. The van der Waals surface area contributed by atoms with Gasteiger partial charge in [-0.15, -0.1) is 0 Å². The molecule has 1 aromatic carbocycles. The molecule has 0 saturated carbocycles. The van der Waals surface area contributed by atoms with Crippen molar-refractivity contribution >= 4 is 10.9 Å². The van der Waals surface area contributed by atoms with Crippen LogP contribution in [0.4, 0.5) is 0 Å². The Morgan fingerprint density at radius 2 is 2.33 bits per heavy atom. The number of hydrogen-bond donors (Lipinski definition) is 2. The van der Waals surface area contributed by atoms with E-state index in [0.717, 1.165) is 22.0 Å². The zero-order chi connectivity index (χ0) is 8.55. The topological polar surface area (TPSA) is 48.9 Å². The molecule has 12 heavy (non-hydrogen) atoms. The second-order valence-electron chi connectivity index (χ2n) is 2.86. The fourth-order valence-corrected chi connectivity index (χ4v) is 1.37. The Morgan fingerprint density at radius 1 is 1.50 bits per heavy atom. The van der Waals surface area contributed by atoms with Crippen LogP contribution in [0.25, 0.3) is 10.9 Å². The molecular weight excluding hydrogens is 152 g/mol. The standard InChI is InChI=1S/C9H10N2O/c1-6-2-3-7(5-12)8-4-10-11-9(6)8/h2-4,12H,5H2,1H3,(H,10,11). The van der Waals surface area contributed by atoms with Crippen LogP contribution in [-0.4, -0.2) is 15.3 Å². The average molecular weight is 162 g/mol. The normalized spacial score (nSPS) is 10.8. The molecule has 0 aliphatic rings. The molecule has 3 heteroatoms. The van der Waals surface area contributed by atoms with E-state index in [1.807, 2.05) is 19.1 Å². The van der Waals surface area contributed by atoms with Gasteiger partial charge in [0, 0.05) is 5.39 Å². The summed E-state index contributed by atoms with van der Waals surface area (Å²) in [5, 5.41) is 16.9. The molecule has 2 aromatic rings. The number of aromatic nitrogens is 2. The zero-order valence-electron chi connectivity index (χ0n) is 6.83. The maximum absolute atomic E-state index is 9.00. The second-order valence-corrected chi connectivity index (χ2v) is 2.86. The quantitative estimate of drug-likeness (QED) is 0.665. The highest BCUT2D eigenvalue weighted by Gasteiger charge is 2.03. The van der Waals surface area contributed by atoms with Crippen LogP contribution in [0.3, 0.4) is 0 Å². The van der Waals surface area contributed by atoms with Crippen LogP contribution < -0.4 is 0 Å². The first kappa shape index (κ1) is 7.31. The minimum Gasteiger partial charge on any atom is -0.392 e. The number of aryl methyl sites for hydroxylation is 1. The fourth-order valence-electron chi connectivity index (χ4n) is 1.37. The van der Waals surface area contributed by atoms with Gasteiger partial charge in [-0.2, -0.15) is 5.10 Å². The molecule has 0 amide bonds. The molecule has 1 heterocycles. The van der Waals surface area contributed by atoms with E-state index in [2.05, 4.69) is 10.2 Å². The maximum atomic E-state index is 9.00. The molecule has 62 valence electrons. The molecule has 0 aliphatic heterocycles. The van der Waals surface area contributed by atoms with E-state index in [1.54, 1.807) is 6.20 Å². The van der Waals surface area contributed by atoms with Crippen molar-refractivity contribution in [2.75, 3.05) is 0 Å². The fraction of sp³-hybridized carbons (Fsp3) is 0.222. The summed E-state index contributed by atoms with van der Waals surface area (Å²) >= 11 is 0. The van der Waals surface area contributed by atoms with Crippen LogP contribution in [0.15, 0.2) is 18.3 Å². The number of benzene rings is 1. The van der Waals surface area contributed by atoms with Crippen molar-refractivity contribution in [1.29, 1.82) is 0 Å². The summed E-state index contributed by atoms with van der Waals surface area (Å²) in [7, 11) is 0. The van der Waals surface area contributed by atoms with Crippen molar-refractivity contribution in [2.24, 2.45) is 0 Å². The van der Waals surface area contributed by atoms with Gasteiger partial charge < -0.3 is 5.11 Å². The molecule has 0 atom stereocenters. The van der Waals surface area contributed by atoms with Gasteiger partial charge in [-0.05, 0) is 18.1 Å². The highest BCUT2D eigenvalue weighted by Crippen LogP contribution is 2.19. The zero-order valence-corrected chi connectivity index (χ0v) is 6.83. The van der Waals surface area contributed by atoms with Crippen LogP contribution in [0.1, 0.15) is 11.1 Å². The van der Waals surface area contributed by atoms with Crippen molar-refractivity contribution in [2.45, 2.75) is 13.5 Å². The lowest BCUT2D eigenvalue weighted by Gasteiger charge is -1.99. The number of hydrogen-bond acceptors (Lipinski definition) is 2. The van der Waals surface area contributed by atoms with Crippen LogP contribution >= 0.6 is 0 Å². The van der Waals surface area contributed by atoms with E-state index in [9.17, 15) is 0 Å². The van der Waals surface area contributed by atoms with E-state index < -0.39 is 0 Å². The Hall–Kier alpha value is -1.35. The predicted molar refractivity (Wildman–Crippen MR) is 46.8 cm³/mol. The molecule has 0 bridgehead atoms. The molecule has 0 aliphatic carbocycles. The highest BCUT2D eigenvalue weighted by atomic mass is 16.3. The summed E-state index contributed by atoms with van der Waals surface area (Å²) in [6.07, 6.45) is 1.74. The van der Waals surface area contributed by atoms with E-state index in [-0.39, 0.29) is 6.61 Å². The minimum atomic E-state index is 0.0658. The second kappa shape index (κ2) is 2.60. The molecule has 1 aromatic heterocycles. The number of fused-ring (bicyclic) bond motifs is 1. The first-order valence-corrected chi connectivity index (χ1v) is 3.85. The lowest BCUT2D eigenvalue weighted by atomic mass is 10.1. The van der Waals surface area contributed by atoms with Crippen molar-refractivity contribution in [1.82, 2.24) is 10.2 Å². The summed E-state index contributed by atoms with van der Waals surface area (Å²) in [6.45, 7) is 2.08. The molecule has 0 unspecified atom stereocenters. The molecule has 0 saturated heterocycles. The largest absolute Gasteiger partial charge is 0.392 e. The molecule has 3 nitrogen and oxygen atoms in total. The monoisotopic (exact) mass is 162 g/mol. The summed E-state index contributed by atoms with van der Waals surface area (Å²) in [5.74, 6) is 0. The van der Waals surface area contributed by atoms with Crippen molar-refractivity contribution in [3.8, 4) is 0 Å². The Bertz CT molecular complexity index is 406. The van der Waals surface area contributed by atoms with Crippen LogP contribution in [0, 0.1) is 6.92 Å². The predicted octanol–water partition coefficient (Wildman–Crippen LogP) is 1.36. The number of aliphatic hydroxyl groups is 1. The lowest BCUT2D eigenvalue weighted by Crippen LogP contribution is -1.85. The number of nitrogens with one attached hydrogen (secondary N) is 1. The van der Waals surface area contributed by atoms with E-state index in [1.165, 1.54) is 0 Å². The third kappa shape index (κ3) is 0.905. The van der Waals surface area contributed by atoms with Crippen molar-refractivity contribution in [3.05, 3.63) is 29.5 Å². The average Bonchev–Trinajstić information content (AvgIpc) is 2.54. The van der Waals surface area contributed by atoms with Gasteiger partial charge in [-0.25, -0.2) is 0 Å². The maximum Gasteiger partial charge on any atom is 0.0689 e. The van der Waals surface area contributed by atoms with E-state index >= 15 is 0 Å². The van der Waals surface area contributed by atoms with Gasteiger partial charge in [0.25, 0.3) is 0 Å². The Kier molecular flexibility index (Phi) is 1.59. The molecule has 2 N–H and O–H groups in total. The number of aliphatic hydroxyl groups excluding tert-OH is 1. The molecular formula is C9H10N2O. The van der Waals surface area contributed by atoms with Gasteiger partial charge in [0.05, 0.1) is 18.3 Å². The van der Waals surface area contributed by atoms with Gasteiger partial charge in [-0.1, -0.05) is 12.1 Å². The van der Waals surface area contributed by atoms with E-state index in [0.29, 0.717) is 0 Å². The van der Waals surface area contributed by atoms with Crippen LogP contribution in [0.2, 0.25) is 0 Å². The van der Waals surface area contributed by atoms with Gasteiger partial charge in [0.15, 0.2) is 0 Å². The van der Waals surface area contributed by atoms with Crippen molar-refractivity contribution < 1.29 is 5.11 Å². The Balaban J connectivity index is 2.82. The summed E-state index contributed by atoms with van der Waals surface area (Å²) in [4.78, 5) is 0. The smallest absolute Gasteiger partial charge is 0.0689 e. The van der Waals surface area contributed by atoms with Crippen molar-refractivity contribution in [3.63, 3.8) is 0 Å². The summed E-state index contributed by atoms with van der Waals surface area (Å²) in [5.41, 5.74) is 3.09. The van der Waals surface area contributed by atoms with Gasteiger partial charge >= 0.3 is 0 Å². The number of aromatic amines is 1. The van der Waals surface area contributed by atoms with Crippen LogP contribution in [-0.2, 0) is 6.61 Å². The number of H-pyrrole nitrogens is 1. The minimum absolute atomic E-state index is 0.0658. The SMILES string of the molecule is Cc1ccc(CO)c2cn[nH]c12. The molecule has 0 fully saturated rings. The first-order valence-electron chi connectivity index (χ1n) is 3.85.